The van der Waals surface area contributed by atoms with Gasteiger partial charge in [-0.15, -0.1) is 5.10 Å². The minimum absolute atomic E-state index is 0.0294. The van der Waals surface area contributed by atoms with Crippen molar-refractivity contribution in [3.8, 4) is 5.75 Å². The van der Waals surface area contributed by atoms with Gasteiger partial charge in [-0.25, -0.2) is 9.67 Å². The van der Waals surface area contributed by atoms with Crippen molar-refractivity contribution in [3.05, 3.63) is 69.7 Å². The molecule has 0 saturated heterocycles. The second-order valence-corrected chi connectivity index (χ2v) is 8.71. The highest BCUT2D eigenvalue weighted by Gasteiger charge is 2.31. The van der Waals surface area contributed by atoms with E-state index in [0.29, 0.717) is 33.5 Å². The van der Waals surface area contributed by atoms with E-state index >= 15 is 0 Å². The van der Waals surface area contributed by atoms with E-state index in [9.17, 15) is 14.4 Å². The Hall–Kier alpha value is -3.63. The van der Waals surface area contributed by atoms with Gasteiger partial charge < -0.3 is 20.1 Å². The SMILES string of the molecule is CN1C(=O)C(NC(=O)c2ncn(Cc3c(Cl)cccc3Cl)n2)COc2ccc(CCC(=O)O)cc21. The summed E-state index contributed by atoms with van der Waals surface area (Å²) in [5, 5.41) is 16.6. The van der Waals surface area contributed by atoms with Crippen LogP contribution in [0.4, 0.5) is 5.69 Å². The fourth-order valence-corrected chi connectivity index (χ4v) is 4.11. The molecular weight excluding hydrogens is 497 g/mol. The lowest BCUT2D eigenvalue weighted by Gasteiger charge is -2.20. The second-order valence-electron chi connectivity index (χ2n) is 7.90. The molecule has 182 valence electrons. The van der Waals surface area contributed by atoms with Crippen LogP contribution in [0.25, 0.3) is 0 Å². The molecule has 10 nitrogen and oxygen atoms in total. The number of halogens is 2. The number of ether oxygens (including phenoxy) is 1. The number of hydrogen-bond donors (Lipinski definition) is 2. The van der Waals surface area contributed by atoms with Crippen molar-refractivity contribution < 1.29 is 24.2 Å². The maximum absolute atomic E-state index is 13.0. The number of nitrogens with zero attached hydrogens (tertiary/aromatic N) is 4. The molecular formula is C23H21Cl2N5O5. The number of rotatable bonds is 7. The molecule has 1 aliphatic rings. The van der Waals surface area contributed by atoms with Crippen molar-refractivity contribution in [2.45, 2.75) is 25.4 Å². The maximum atomic E-state index is 13.0. The summed E-state index contributed by atoms with van der Waals surface area (Å²) in [6, 6.07) is 9.30. The van der Waals surface area contributed by atoms with Crippen molar-refractivity contribution >= 4 is 46.7 Å². The van der Waals surface area contributed by atoms with Gasteiger partial charge in [0, 0.05) is 29.1 Å². The quantitative estimate of drug-likeness (QED) is 0.493. The number of aromatic nitrogens is 3. The molecule has 1 aromatic heterocycles. The summed E-state index contributed by atoms with van der Waals surface area (Å²) in [4.78, 5) is 42.1. The number of carbonyl (C=O) groups is 3. The van der Waals surface area contributed by atoms with Gasteiger partial charge in [-0.2, -0.15) is 0 Å². The summed E-state index contributed by atoms with van der Waals surface area (Å²) >= 11 is 12.4. The molecule has 1 atom stereocenters. The number of anilines is 1. The lowest BCUT2D eigenvalue weighted by Crippen LogP contribution is -2.49. The third kappa shape index (κ3) is 5.55. The Balaban J connectivity index is 1.44. The smallest absolute Gasteiger partial charge is 0.303 e. The summed E-state index contributed by atoms with van der Waals surface area (Å²) in [6.45, 7) is 0.124. The van der Waals surface area contributed by atoms with Crippen LogP contribution in [0.3, 0.4) is 0 Å². The van der Waals surface area contributed by atoms with Gasteiger partial charge in [-0.05, 0) is 36.2 Å². The van der Waals surface area contributed by atoms with Crippen molar-refractivity contribution in [2.24, 2.45) is 0 Å². The molecule has 2 N–H and O–H groups in total. The first-order valence-corrected chi connectivity index (χ1v) is 11.4. The highest BCUT2D eigenvalue weighted by Crippen LogP contribution is 2.32. The van der Waals surface area contributed by atoms with Crippen LogP contribution in [0.1, 0.15) is 28.2 Å². The molecule has 0 spiro atoms. The maximum Gasteiger partial charge on any atom is 0.303 e. The molecule has 4 rings (SSSR count). The number of likely N-dealkylation sites (N-methyl/N-ethyl adjacent to an activating group) is 1. The second kappa shape index (κ2) is 10.3. The zero-order valence-corrected chi connectivity index (χ0v) is 20.1. The molecule has 2 amide bonds. The zero-order chi connectivity index (χ0) is 25.1. The average Bonchev–Trinajstić information content (AvgIpc) is 3.27. The zero-order valence-electron chi connectivity index (χ0n) is 18.6. The number of aryl methyl sites for hydroxylation is 1. The van der Waals surface area contributed by atoms with Crippen LogP contribution in [0.2, 0.25) is 10.0 Å². The molecule has 0 saturated carbocycles. The number of amides is 2. The molecule has 0 bridgehead atoms. The minimum atomic E-state index is -0.979. The third-order valence-corrected chi connectivity index (χ3v) is 6.18. The number of hydrogen-bond acceptors (Lipinski definition) is 6. The monoisotopic (exact) mass is 517 g/mol. The predicted molar refractivity (Wildman–Crippen MR) is 128 cm³/mol. The Morgan fingerprint density at radius 1 is 1.23 bits per heavy atom. The van der Waals surface area contributed by atoms with Crippen LogP contribution < -0.4 is 15.0 Å². The Morgan fingerprint density at radius 3 is 2.69 bits per heavy atom. The molecule has 0 fully saturated rings. The number of aliphatic carboxylic acids is 1. The topological polar surface area (TPSA) is 127 Å². The summed E-state index contributed by atoms with van der Waals surface area (Å²) in [5.41, 5.74) is 1.89. The molecule has 12 heteroatoms. The fourth-order valence-electron chi connectivity index (χ4n) is 3.60. The molecule has 2 aromatic carbocycles. The van der Waals surface area contributed by atoms with E-state index in [0.717, 1.165) is 5.56 Å². The Morgan fingerprint density at radius 2 is 1.97 bits per heavy atom. The number of benzene rings is 2. The van der Waals surface area contributed by atoms with E-state index in [1.165, 1.54) is 15.9 Å². The number of carboxylic acids is 1. The van der Waals surface area contributed by atoms with Gasteiger partial charge in [0.15, 0.2) is 0 Å². The predicted octanol–water partition coefficient (Wildman–Crippen LogP) is 2.80. The van der Waals surface area contributed by atoms with Crippen LogP contribution in [0.15, 0.2) is 42.7 Å². The third-order valence-electron chi connectivity index (χ3n) is 5.47. The lowest BCUT2D eigenvalue weighted by atomic mass is 10.1. The molecule has 1 aliphatic heterocycles. The Bertz CT molecular complexity index is 1270. The van der Waals surface area contributed by atoms with Gasteiger partial charge >= 0.3 is 5.97 Å². The Labute approximate surface area is 210 Å². The minimum Gasteiger partial charge on any atom is -0.489 e. The van der Waals surface area contributed by atoms with Crippen LogP contribution in [0, 0.1) is 0 Å². The summed E-state index contributed by atoms with van der Waals surface area (Å²) in [5.74, 6) is -1.61. The van der Waals surface area contributed by atoms with Gasteiger partial charge in [0.1, 0.15) is 24.7 Å². The van der Waals surface area contributed by atoms with Crippen LogP contribution >= 0.6 is 23.2 Å². The van der Waals surface area contributed by atoms with Gasteiger partial charge in [-0.1, -0.05) is 35.3 Å². The van der Waals surface area contributed by atoms with E-state index in [4.69, 9.17) is 33.0 Å². The number of carboxylic acid groups (broad SMARTS) is 1. The lowest BCUT2D eigenvalue weighted by molar-refractivity contribution is -0.137. The standard InChI is InChI=1S/C23H21Cl2N5O5/c1-29-18-9-13(6-8-20(31)32)5-7-19(18)35-11-17(23(29)34)27-22(33)21-26-12-30(28-21)10-14-15(24)3-2-4-16(14)25/h2-5,7,9,12,17H,6,8,10-11H2,1H3,(H,27,33)(H,31,32). The summed E-state index contributed by atoms with van der Waals surface area (Å²) < 4.78 is 7.19. The van der Waals surface area contributed by atoms with E-state index < -0.39 is 23.8 Å². The van der Waals surface area contributed by atoms with Gasteiger partial charge in [0.25, 0.3) is 11.8 Å². The van der Waals surface area contributed by atoms with Crippen LogP contribution in [-0.4, -0.2) is 57.4 Å². The highest BCUT2D eigenvalue weighted by molar-refractivity contribution is 6.36. The largest absolute Gasteiger partial charge is 0.489 e. The first-order chi connectivity index (χ1) is 16.7. The molecule has 2 heterocycles. The van der Waals surface area contributed by atoms with E-state index in [1.54, 1.807) is 43.4 Å². The first-order valence-electron chi connectivity index (χ1n) is 10.6. The summed E-state index contributed by atoms with van der Waals surface area (Å²) in [6.07, 6.45) is 1.66. The molecule has 0 aliphatic carbocycles. The van der Waals surface area contributed by atoms with Crippen molar-refractivity contribution in [1.82, 2.24) is 20.1 Å². The molecule has 3 aromatic rings. The van der Waals surface area contributed by atoms with Gasteiger partial charge in [0.2, 0.25) is 5.82 Å². The number of fused-ring (bicyclic) bond motifs is 1. The molecule has 0 radical (unpaired) electrons. The normalized spacial score (nSPS) is 15.2. The number of nitrogens with one attached hydrogen (secondary N) is 1. The molecule has 1 unspecified atom stereocenters. The van der Waals surface area contributed by atoms with Gasteiger partial charge in [-0.3, -0.25) is 14.4 Å². The van der Waals surface area contributed by atoms with Crippen molar-refractivity contribution in [2.75, 3.05) is 18.6 Å². The van der Waals surface area contributed by atoms with E-state index in [-0.39, 0.29) is 25.4 Å². The first kappa shape index (κ1) is 24.5. The number of carbonyl (C=O) groups excluding carboxylic acids is 2. The van der Waals surface area contributed by atoms with Gasteiger partial charge in [0.05, 0.1) is 12.2 Å². The highest BCUT2D eigenvalue weighted by atomic mass is 35.5. The summed E-state index contributed by atoms with van der Waals surface area (Å²) in [7, 11) is 1.57. The van der Waals surface area contributed by atoms with Crippen LogP contribution in [-0.2, 0) is 22.6 Å². The average molecular weight is 518 g/mol. The Kier molecular flexibility index (Phi) is 7.23. The van der Waals surface area contributed by atoms with Crippen molar-refractivity contribution in [1.29, 1.82) is 0 Å². The van der Waals surface area contributed by atoms with E-state index in [2.05, 4.69) is 15.4 Å². The van der Waals surface area contributed by atoms with Crippen molar-refractivity contribution in [3.63, 3.8) is 0 Å². The van der Waals surface area contributed by atoms with Crippen LogP contribution in [0.5, 0.6) is 5.75 Å². The fraction of sp³-hybridized carbons (Fsp3) is 0.261. The van der Waals surface area contributed by atoms with E-state index in [1.807, 2.05) is 0 Å². The molecule has 35 heavy (non-hydrogen) atoms.